The number of benzene rings is 2. The smallest absolute Gasteiger partial charge is 0.493 e. The lowest BCUT2D eigenvalue weighted by Crippen LogP contribution is -2.35. The quantitative estimate of drug-likeness (QED) is 0.0832. The normalized spacial score (nSPS) is 12.1. The first-order chi connectivity index (χ1) is 19.6. The van der Waals surface area contributed by atoms with Crippen LogP contribution in [0.4, 0.5) is 13.2 Å². The molecular formula is C31H41F3O6Si. The molecule has 0 aliphatic heterocycles. The maximum Gasteiger partial charge on any atom is 0.573 e. The predicted molar refractivity (Wildman–Crippen MR) is 157 cm³/mol. The highest BCUT2D eigenvalue weighted by atomic mass is 28.4. The summed E-state index contributed by atoms with van der Waals surface area (Å²) in [5.41, 5.74) is -0.451. The van der Waals surface area contributed by atoms with Crippen molar-refractivity contribution in [3.63, 3.8) is 0 Å². The van der Waals surface area contributed by atoms with E-state index in [1.54, 1.807) is 32.4 Å². The van der Waals surface area contributed by atoms with Gasteiger partial charge in [-0.2, -0.15) is 0 Å². The molecule has 0 aliphatic carbocycles. The largest absolute Gasteiger partial charge is 0.573 e. The molecule has 6 nitrogen and oxygen atoms in total. The van der Waals surface area contributed by atoms with Crippen LogP contribution >= 0.6 is 0 Å². The summed E-state index contributed by atoms with van der Waals surface area (Å²) in [6.07, 6.45) is 6.99. The van der Waals surface area contributed by atoms with E-state index in [-0.39, 0.29) is 11.1 Å². The molecule has 0 bridgehead atoms. The molecule has 226 valence electrons. The van der Waals surface area contributed by atoms with Gasteiger partial charge in [0.1, 0.15) is 17.1 Å². The van der Waals surface area contributed by atoms with Crippen molar-refractivity contribution in [2.45, 2.75) is 83.2 Å². The Morgan fingerprint density at radius 2 is 1.39 bits per heavy atom. The Bertz CT molecular complexity index is 1270. The van der Waals surface area contributed by atoms with E-state index in [0.717, 1.165) is 25.0 Å². The lowest BCUT2D eigenvalue weighted by molar-refractivity contribution is -0.274. The third kappa shape index (κ3) is 10.8. The molecule has 0 spiro atoms. The number of hydrogen-bond donors (Lipinski definition) is 0. The van der Waals surface area contributed by atoms with Crippen molar-refractivity contribution in [3.8, 4) is 22.6 Å². The number of halogens is 3. The first-order valence-corrected chi connectivity index (χ1v) is 16.8. The maximum atomic E-state index is 12.8. The van der Waals surface area contributed by atoms with Gasteiger partial charge in [-0.15, -0.1) is 13.2 Å². The molecule has 0 aliphatic rings. The zero-order chi connectivity index (χ0) is 29.7. The van der Waals surface area contributed by atoms with Gasteiger partial charge in [-0.1, -0.05) is 76.0 Å². The van der Waals surface area contributed by atoms with Gasteiger partial charge < -0.3 is 22.7 Å². The van der Waals surface area contributed by atoms with Crippen LogP contribution in [0.15, 0.2) is 57.7 Å². The molecule has 0 radical (unpaired) electrons. The Balaban J connectivity index is 1.36. The summed E-state index contributed by atoms with van der Waals surface area (Å²) in [6.45, 7) is 2.67. The number of ether oxygens (including phenoxy) is 2. The average molecular weight is 595 g/mol. The number of fused-ring (bicyclic) bond motifs is 1. The van der Waals surface area contributed by atoms with Crippen LogP contribution in [0.1, 0.15) is 64.2 Å². The molecule has 41 heavy (non-hydrogen) atoms. The van der Waals surface area contributed by atoms with Crippen molar-refractivity contribution in [3.05, 3.63) is 59.0 Å². The Labute approximate surface area is 241 Å². The minimum absolute atomic E-state index is 0.00945. The molecule has 2 aromatic carbocycles. The van der Waals surface area contributed by atoms with Crippen LogP contribution in [0, 0.1) is 0 Å². The molecule has 1 aromatic heterocycles. The van der Waals surface area contributed by atoms with Gasteiger partial charge in [0, 0.05) is 31.2 Å². The van der Waals surface area contributed by atoms with E-state index in [4.69, 9.17) is 18.0 Å². The van der Waals surface area contributed by atoms with E-state index in [0.29, 0.717) is 23.3 Å². The summed E-state index contributed by atoms with van der Waals surface area (Å²) in [6, 6.07) is 13.2. The fraction of sp³-hybridized carbons (Fsp3) is 0.516. The molecule has 0 unspecified atom stereocenters. The van der Waals surface area contributed by atoms with Crippen LogP contribution in [0.2, 0.25) is 12.6 Å². The highest BCUT2D eigenvalue weighted by molar-refractivity contribution is 6.65. The van der Waals surface area contributed by atoms with Crippen LogP contribution < -0.4 is 15.1 Å². The topological polar surface area (TPSA) is 67.1 Å². The van der Waals surface area contributed by atoms with Crippen molar-refractivity contribution in [1.29, 1.82) is 0 Å². The molecule has 3 aromatic rings. The third-order valence-electron chi connectivity index (χ3n) is 7.27. The van der Waals surface area contributed by atoms with Crippen LogP contribution in [0.25, 0.3) is 22.1 Å². The second-order valence-corrected chi connectivity index (χ2v) is 14.0. The summed E-state index contributed by atoms with van der Waals surface area (Å²) < 4.78 is 64.8. The molecule has 0 amide bonds. The molecule has 0 N–H and O–H groups in total. The van der Waals surface area contributed by atoms with E-state index in [9.17, 15) is 18.0 Å². The summed E-state index contributed by atoms with van der Waals surface area (Å²) in [4.78, 5) is 12.6. The van der Waals surface area contributed by atoms with Gasteiger partial charge in [0.2, 0.25) is 0 Å². The van der Waals surface area contributed by atoms with Crippen LogP contribution in [-0.4, -0.2) is 35.7 Å². The van der Waals surface area contributed by atoms with Crippen molar-refractivity contribution in [1.82, 2.24) is 0 Å². The van der Waals surface area contributed by atoms with Crippen molar-refractivity contribution >= 4 is 19.5 Å². The lowest BCUT2D eigenvalue weighted by Gasteiger charge is -2.22. The van der Waals surface area contributed by atoms with Gasteiger partial charge >= 0.3 is 20.5 Å². The summed E-state index contributed by atoms with van der Waals surface area (Å²) in [7, 11) is 1.58. The first-order valence-electron chi connectivity index (χ1n) is 14.3. The van der Waals surface area contributed by atoms with E-state index in [1.807, 2.05) is 0 Å². The number of rotatable bonds is 18. The minimum atomic E-state index is -4.88. The van der Waals surface area contributed by atoms with Gasteiger partial charge in [-0.05, 0) is 43.3 Å². The van der Waals surface area contributed by atoms with Crippen LogP contribution in [-0.2, 0) is 8.85 Å². The molecule has 10 heteroatoms. The van der Waals surface area contributed by atoms with E-state index in [1.165, 1.54) is 75.6 Å². The van der Waals surface area contributed by atoms with Crippen LogP contribution in [0.3, 0.4) is 0 Å². The second kappa shape index (κ2) is 16.0. The molecule has 0 atom stereocenters. The van der Waals surface area contributed by atoms with E-state index >= 15 is 0 Å². The monoisotopic (exact) mass is 594 g/mol. The number of hydrogen-bond acceptors (Lipinski definition) is 6. The van der Waals surface area contributed by atoms with Crippen molar-refractivity contribution in [2.75, 3.05) is 20.8 Å². The zero-order valence-corrected chi connectivity index (χ0v) is 25.2. The molecule has 0 saturated heterocycles. The van der Waals surface area contributed by atoms with Gasteiger partial charge in [-0.25, -0.2) is 4.79 Å². The van der Waals surface area contributed by atoms with E-state index < -0.39 is 26.3 Å². The number of para-hydroxylation sites is 1. The fourth-order valence-corrected chi connectivity index (χ4v) is 6.18. The molecule has 0 fully saturated rings. The Hall–Kier alpha value is -2.82. The highest BCUT2D eigenvalue weighted by Gasteiger charge is 2.32. The van der Waals surface area contributed by atoms with E-state index in [2.05, 4.69) is 11.3 Å². The van der Waals surface area contributed by atoms with Crippen molar-refractivity contribution in [2.24, 2.45) is 0 Å². The third-order valence-corrected chi connectivity index (χ3v) is 10.3. The zero-order valence-electron chi connectivity index (χ0n) is 24.2. The van der Waals surface area contributed by atoms with Gasteiger partial charge in [0.05, 0.1) is 12.2 Å². The summed E-state index contributed by atoms with van der Waals surface area (Å²) >= 11 is 0. The van der Waals surface area contributed by atoms with Gasteiger partial charge in [0.25, 0.3) is 0 Å². The van der Waals surface area contributed by atoms with Crippen molar-refractivity contribution < 1.29 is 35.9 Å². The highest BCUT2D eigenvalue weighted by Crippen LogP contribution is 2.33. The predicted octanol–water partition coefficient (Wildman–Crippen LogP) is 9.00. The number of unbranched alkanes of at least 4 members (excludes halogenated alkanes) is 9. The van der Waals surface area contributed by atoms with Gasteiger partial charge in [-0.3, -0.25) is 0 Å². The molecule has 1 heterocycles. The van der Waals surface area contributed by atoms with Crippen LogP contribution in [0.5, 0.6) is 11.5 Å². The molecule has 0 saturated carbocycles. The first kappa shape index (κ1) is 32.7. The second-order valence-electron chi connectivity index (χ2n) is 10.4. The Morgan fingerprint density at radius 3 is 2.02 bits per heavy atom. The maximum absolute atomic E-state index is 12.8. The lowest BCUT2D eigenvalue weighted by atomic mass is 10.0. The summed E-state index contributed by atoms with van der Waals surface area (Å²) in [5, 5.41) is 0.569. The standard InChI is InChI=1S/C31H41F3O6Si/c1-36-41(3,37-2)21-15-11-9-7-5-4-6-8-10-14-20-38-25-19-18-24-22-27(30(35)39-29(24)23-25)26-16-12-13-17-28(26)40-31(32,33)34/h12-13,16-19,22-23H,4-11,14-15,20-21H2,1-3H3. The number of alkyl halides is 3. The summed E-state index contributed by atoms with van der Waals surface area (Å²) in [5.74, 6) is 0.116. The minimum Gasteiger partial charge on any atom is -0.493 e. The Morgan fingerprint density at radius 1 is 0.780 bits per heavy atom. The molecular weight excluding hydrogens is 553 g/mol. The molecule has 3 rings (SSSR count). The fourth-order valence-electron chi connectivity index (χ4n) is 4.71. The SMILES string of the molecule is CO[Si](C)(CCCCCCCCCCCCOc1ccc2cc(-c3ccccc3OC(F)(F)F)c(=O)oc2c1)OC. The Kier molecular flexibility index (Phi) is 12.7. The van der Waals surface area contributed by atoms with Gasteiger partial charge in [0.15, 0.2) is 0 Å². The average Bonchev–Trinajstić information content (AvgIpc) is 2.94.